The van der Waals surface area contributed by atoms with Gasteiger partial charge < -0.3 is 10.8 Å². The van der Waals surface area contributed by atoms with E-state index in [0.717, 1.165) is 6.42 Å². The van der Waals surface area contributed by atoms with Crippen LogP contribution in [0.1, 0.15) is 20.3 Å². The Bertz CT molecular complexity index is 150. The van der Waals surface area contributed by atoms with E-state index in [1.54, 1.807) is 0 Å². The lowest BCUT2D eigenvalue weighted by molar-refractivity contribution is -0.132. The summed E-state index contributed by atoms with van der Waals surface area (Å²) in [6.45, 7) is 4.01. The van der Waals surface area contributed by atoms with E-state index in [2.05, 4.69) is 0 Å². The predicted octanol–water partition coefficient (Wildman–Crippen LogP) is 0.960. The van der Waals surface area contributed by atoms with Gasteiger partial charge in [0.25, 0.3) is 0 Å². The molecule has 0 saturated carbocycles. The molecule has 0 bridgehead atoms. The average Bonchev–Trinajstić information content (AvgIpc) is 1.82. The van der Waals surface area contributed by atoms with Crippen LogP contribution >= 0.6 is 0 Å². The van der Waals surface area contributed by atoms with E-state index in [0.29, 0.717) is 5.92 Å². The van der Waals surface area contributed by atoms with Gasteiger partial charge in [0.05, 0.1) is 0 Å². The van der Waals surface area contributed by atoms with Crippen molar-refractivity contribution in [3.63, 3.8) is 0 Å². The van der Waals surface area contributed by atoms with Gasteiger partial charge in [-0.2, -0.15) is 0 Å². The number of carboxylic acid groups (broad SMARTS) is 1. The van der Waals surface area contributed by atoms with E-state index in [1.807, 2.05) is 13.8 Å². The van der Waals surface area contributed by atoms with Gasteiger partial charge in [0.15, 0.2) is 0 Å². The van der Waals surface area contributed by atoms with Crippen LogP contribution in [0.15, 0.2) is 11.8 Å². The molecule has 0 aromatic carbocycles. The monoisotopic (exact) mass is 143 g/mol. The smallest absolute Gasteiger partial charge is 0.351 e. The maximum absolute atomic E-state index is 10.1. The number of hydrogen-bond donors (Lipinski definition) is 2. The van der Waals surface area contributed by atoms with Gasteiger partial charge in [-0.1, -0.05) is 19.9 Å². The SMILES string of the molecule is CC(C)C/C=C(\N)C(=O)O. The minimum absolute atomic E-state index is 0.0614. The summed E-state index contributed by atoms with van der Waals surface area (Å²) in [6.07, 6.45) is 2.26. The summed E-state index contributed by atoms with van der Waals surface area (Å²) in [6, 6.07) is 0. The summed E-state index contributed by atoms with van der Waals surface area (Å²) in [5.41, 5.74) is 5.06. The molecule has 0 spiro atoms. The van der Waals surface area contributed by atoms with Crippen molar-refractivity contribution in [2.24, 2.45) is 11.7 Å². The first-order valence-electron chi connectivity index (χ1n) is 3.23. The van der Waals surface area contributed by atoms with Crippen LogP contribution in [0, 0.1) is 5.92 Å². The minimum atomic E-state index is -1.04. The Labute approximate surface area is 60.5 Å². The Kier molecular flexibility index (Phi) is 3.54. The lowest BCUT2D eigenvalue weighted by Crippen LogP contribution is -2.09. The van der Waals surface area contributed by atoms with Crippen LogP contribution < -0.4 is 5.73 Å². The molecule has 0 heterocycles. The number of aliphatic carboxylic acids is 1. The Morgan fingerprint density at radius 2 is 2.20 bits per heavy atom. The highest BCUT2D eigenvalue weighted by Crippen LogP contribution is 2.01. The molecular weight excluding hydrogens is 130 g/mol. The van der Waals surface area contributed by atoms with Crippen LogP contribution in [0.5, 0.6) is 0 Å². The highest BCUT2D eigenvalue weighted by molar-refractivity contribution is 5.85. The summed E-state index contributed by atoms with van der Waals surface area (Å²) in [5.74, 6) is -0.585. The molecule has 0 aliphatic rings. The van der Waals surface area contributed by atoms with Crippen molar-refractivity contribution >= 4 is 5.97 Å². The zero-order chi connectivity index (χ0) is 8.15. The largest absolute Gasteiger partial charge is 0.477 e. The average molecular weight is 143 g/mol. The van der Waals surface area contributed by atoms with Gasteiger partial charge in [0.1, 0.15) is 5.70 Å². The molecule has 58 valence electrons. The third-order valence-corrected chi connectivity index (χ3v) is 1.06. The van der Waals surface area contributed by atoms with Crippen LogP contribution in [0.2, 0.25) is 0 Å². The Hall–Kier alpha value is -0.990. The van der Waals surface area contributed by atoms with Crippen LogP contribution in [-0.4, -0.2) is 11.1 Å². The maximum Gasteiger partial charge on any atom is 0.351 e. The molecule has 0 saturated heterocycles. The fraction of sp³-hybridized carbons (Fsp3) is 0.571. The number of rotatable bonds is 3. The fourth-order valence-corrected chi connectivity index (χ4v) is 0.450. The Morgan fingerprint density at radius 3 is 2.50 bits per heavy atom. The number of allylic oxidation sites excluding steroid dienone is 1. The lowest BCUT2D eigenvalue weighted by Gasteiger charge is -1.97. The summed E-state index contributed by atoms with van der Waals surface area (Å²) in [7, 11) is 0. The molecule has 0 rings (SSSR count). The quantitative estimate of drug-likeness (QED) is 0.578. The molecule has 10 heavy (non-hydrogen) atoms. The second-order valence-electron chi connectivity index (χ2n) is 2.59. The van der Waals surface area contributed by atoms with E-state index in [1.165, 1.54) is 6.08 Å². The van der Waals surface area contributed by atoms with Crippen molar-refractivity contribution < 1.29 is 9.90 Å². The van der Waals surface area contributed by atoms with Crippen LogP contribution in [0.25, 0.3) is 0 Å². The zero-order valence-corrected chi connectivity index (χ0v) is 6.29. The van der Waals surface area contributed by atoms with Gasteiger partial charge >= 0.3 is 5.97 Å². The molecule has 3 nitrogen and oxygen atoms in total. The number of nitrogens with two attached hydrogens (primary N) is 1. The van der Waals surface area contributed by atoms with Crippen molar-refractivity contribution in [2.75, 3.05) is 0 Å². The van der Waals surface area contributed by atoms with Gasteiger partial charge in [0, 0.05) is 0 Å². The van der Waals surface area contributed by atoms with Crippen molar-refractivity contribution in [3.05, 3.63) is 11.8 Å². The van der Waals surface area contributed by atoms with Gasteiger partial charge in [-0.15, -0.1) is 0 Å². The van der Waals surface area contributed by atoms with Gasteiger partial charge in [-0.05, 0) is 12.3 Å². The van der Waals surface area contributed by atoms with Crippen LogP contribution in [0.4, 0.5) is 0 Å². The number of hydrogen-bond acceptors (Lipinski definition) is 2. The second-order valence-corrected chi connectivity index (χ2v) is 2.59. The third kappa shape index (κ3) is 3.95. The van der Waals surface area contributed by atoms with E-state index >= 15 is 0 Å². The van der Waals surface area contributed by atoms with Crippen molar-refractivity contribution in [3.8, 4) is 0 Å². The van der Waals surface area contributed by atoms with Crippen molar-refractivity contribution in [2.45, 2.75) is 20.3 Å². The number of carboxylic acids is 1. The molecule has 0 unspecified atom stereocenters. The first-order chi connectivity index (χ1) is 4.54. The molecule has 0 aliphatic carbocycles. The standard InChI is InChI=1S/C7H13NO2/c1-5(2)3-4-6(8)7(9)10/h4-5H,3,8H2,1-2H3,(H,9,10)/b6-4-. The van der Waals surface area contributed by atoms with Gasteiger partial charge in [-0.3, -0.25) is 0 Å². The number of carbonyl (C=O) groups is 1. The van der Waals surface area contributed by atoms with E-state index in [4.69, 9.17) is 10.8 Å². The van der Waals surface area contributed by atoms with E-state index < -0.39 is 5.97 Å². The van der Waals surface area contributed by atoms with E-state index in [9.17, 15) is 4.79 Å². The highest BCUT2D eigenvalue weighted by Gasteiger charge is 1.99. The molecule has 0 aliphatic heterocycles. The van der Waals surface area contributed by atoms with Crippen molar-refractivity contribution in [1.29, 1.82) is 0 Å². The van der Waals surface area contributed by atoms with Gasteiger partial charge in [0.2, 0.25) is 0 Å². The first-order valence-corrected chi connectivity index (χ1v) is 3.23. The Balaban J connectivity index is 3.81. The van der Waals surface area contributed by atoms with Crippen LogP contribution in [0.3, 0.4) is 0 Å². The predicted molar refractivity (Wildman–Crippen MR) is 39.4 cm³/mol. The third-order valence-electron chi connectivity index (χ3n) is 1.06. The molecule has 0 aromatic rings. The topological polar surface area (TPSA) is 63.3 Å². The molecule has 0 fully saturated rings. The minimum Gasteiger partial charge on any atom is -0.477 e. The molecule has 0 aromatic heterocycles. The van der Waals surface area contributed by atoms with Gasteiger partial charge in [-0.25, -0.2) is 4.79 Å². The molecule has 3 N–H and O–H groups in total. The summed E-state index contributed by atoms with van der Waals surface area (Å²) in [4.78, 5) is 10.1. The van der Waals surface area contributed by atoms with Crippen molar-refractivity contribution in [1.82, 2.24) is 0 Å². The van der Waals surface area contributed by atoms with Crippen LogP contribution in [-0.2, 0) is 4.79 Å². The maximum atomic E-state index is 10.1. The molecule has 0 radical (unpaired) electrons. The molecule has 0 atom stereocenters. The summed E-state index contributed by atoms with van der Waals surface area (Å²) < 4.78 is 0. The lowest BCUT2D eigenvalue weighted by atomic mass is 10.1. The summed E-state index contributed by atoms with van der Waals surface area (Å²) >= 11 is 0. The second kappa shape index (κ2) is 3.93. The molecular formula is C7H13NO2. The fourth-order valence-electron chi connectivity index (χ4n) is 0.450. The normalized spacial score (nSPS) is 12.1. The first kappa shape index (κ1) is 9.01. The summed E-state index contributed by atoms with van der Waals surface area (Å²) in [5, 5.41) is 8.30. The highest BCUT2D eigenvalue weighted by atomic mass is 16.4. The Morgan fingerprint density at radius 1 is 1.70 bits per heavy atom. The molecule has 3 heteroatoms. The molecule has 0 amide bonds. The van der Waals surface area contributed by atoms with E-state index in [-0.39, 0.29) is 5.70 Å². The zero-order valence-electron chi connectivity index (χ0n) is 6.29.